The molecule has 1 aromatic heterocycles. The molecular weight excluding hydrogens is 204 g/mol. The molecule has 0 atom stereocenters. The number of hydrogen-bond acceptors (Lipinski definition) is 1. The molecule has 62 valence electrons. The molecule has 0 saturated carbocycles. The molecule has 1 aromatic rings. The Labute approximate surface area is 75.7 Å². The second kappa shape index (κ2) is 3.90. The third kappa shape index (κ3) is 2.33. The van der Waals surface area contributed by atoms with Gasteiger partial charge in [0.15, 0.2) is 0 Å². The minimum atomic E-state index is 1.06. The van der Waals surface area contributed by atoms with Crippen molar-refractivity contribution in [2.75, 3.05) is 5.33 Å². The standard InChI is InChI=1S/C8H13BrN2/c1-7-6-8(4-3-5-9)10-11(7)2/h6H,3-5H2,1-2H3. The van der Waals surface area contributed by atoms with Gasteiger partial charge in [-0.1, -0.05) is 15.9 Å². The van der Waals surface area contributed by atoms with Crippen LogP contribution in [0.3, 0.4) is 0 Å². The van der Waals surface area contributed by atoms with Gasteiger partial charge in [-0.15, -0.1) is 0 Å². The van der Waals surface area contributed by atoms with Crippen molar-refractivity contribution in [3.8, 4) is 0 Å². The summed E-state index contributed by atoms with van der Waals surface area (Å²) in [7, 11) is 1.98. The van der Waals surface area contributed by atoms with Crippen molar-refractivity contribution in [1.29, 1.82) is 0 Å². The smallest absolute Gasteiger partial charge is 0.0627 e. The summed E-state index contributed by atoms with van der Waals surface area (Å²) in [5.74, 6) is 0. The Bertz CT molecular complexity index is 210. The molecule has 0 radical (unpaired) electrons. The number of aryl methyl sites for hydroxylation is 3. The Morgan fingerprint density at radius 2 is 2.36 bits per heavy atom. The van der Waals surface area contributed by atoms with Crippen molar-refractivity contribution in [3.05, 3.63) is 17.5 Å². The first-order valence-electron chi connectivity index (χ1n) is 3.79. The first kappa shape index (κ1) is 8.78. The van der Waals surface area contributed by atoms with Gasteiger partial charge in [0.1, 0.15) is 0 Å². The fraction of sp³-hybridized carbons (Fsp3) is 0.625. The molecule has 1 heterocycles. The number of hydrogen-bond donors (Lipinski definition) is 0. The van der Waals surface area contributed by atoms with Crippen LogP contribution in [0, 0.1) is 6.92 Å². The maximum absolute atomic E-state index is 4.34. The van der Waals surface area contributed by atoms with Crippen molar-refractivity contribution in [2.45, 2.75) is 19.8 Å². The van der Waals surface area contributed by atoms with Crippen LogP contribution in [0.2, 0.25) is 0 Å². The lowest BCUT2D eigenvalue weighted by Crippen LogP contribution is -1.94. The highest BCUT2D eigenvalue weighted by Gasteiger charge is 1.99. The van der Waals surface area contributed by atoms with E-state index < -0.39 is 0 Å². The van der Waals surface area contributed by atoms with Gasteiger partial charge in [0.25, 0.3) is 0 Å². The number of halogens is 1. The molecular formula is C8H13BrN2. The average Bonchev–Trinajstić information content (AvgIpc) is 2.28. The highest BCUT2D eigenvalue weighted by atomic mass is 79.9. The Morgan fingerprint density at radius 1 is 1.64 bits per heavy atom. The summed E-state index contributed by atoms with van der Waals surface area (Å²) < 4.78 is 1.92. The van der Waals surface area contributed by atoms with Gasteiger partial charge >= 0.3 is 0 Å². The van der Waals surface area contributed by atoms with E-state index in [0.717, 1.165) is 18.2 Å². The lowest BCUT2D eigenvalue weighted by atomic mass is 10.2. The highest BCUT2D eigenvalue weighted by molar-refractivity contribution is 9.09. The molecule has 1 rings (SSSR count). The minimum Gasteiger partial charge on any atom is -0.273 e. The number of rotatable bonds is 3. The van der Waals surface area contributed by atoms with Crippen LogP contribution in [0.1, 0.15) is 17.8 Å². The second-order valence-electron chi connectivity index (χ2n) is 2.69. The van der Waals surface area contributed by atoms with Crippen LogP contribution in [0.4, 0.5) is 0 Å². The predicted octanol–water partition coefficient (Wildman–Crippen LogP) is 2.06. The first-order valence-corrected chi connectivity index (χ1v) is 4.91. The summed E-state index contributed by atoms with van der Waals surface area (Å²) >= 11 is 3.40. The van der Waals surface area contributed by atoms with Crippen molar-refractivity contribution < 1.29 is 0 Å². The molecule has 0 unspecified atom stereocenters. The van der Waals surface area contributed by atoms with E-state index in [2.05, 4.69) is 34.0 Å². The molecule has 0 N–H and O–H groups in total. The zero-order valence-corrected chi connectivity index (χ0v) is 8.56. The average molecular weight is 217 g/mol. The maximum Gasteiger partial charge on any atom is 0.0627 e. The fourth-order valence-electron chi connectivity index (χ4n) is 1.01. The summed E-state index contributed by atoms with van der Waals surface area (Å²) in [5, 5.41) is 5.40. The van der Waals surface area contributed by atoms with Gasteiger partial charge < -0.3 is 0 Å². The highest BCUT2D eigenvalue weighted by Crippen LogP contribution is 2.04. The van der Waals surface area contributed by atoms with E-state index in [4.69, 9.17) is 0 Å². The maximum atomic E-state index is 4.34. The van der Waals surface area contributed by atoms with Gasteiger partial charge in [-0.3, -0.25) is 4.68 Å². The topological polar surface area (TPSA) is 17.8 Å². The van der Waals surface area contributed by atoms with Crippen LogP contribution in [-0.4, -0.2) is 15.1 Å². The van der Waals surface area contributed by atoms with Gasteiger partial charge in [-0.25, -0.2) is 0 Å². The van der Waals surface area contributed by atoms with Crippen LogP contribution in [0.5, 0.6) is 0 Å². The zero-order chi connectivity index (χ0) is 8.27. The van der Waals surface area contributed by atoms with E-state index in [1.165, 1.54) is 11.4 Å². The van der Waals surface area contributed by atoms with Gasteiger partial charge in [-0.2, -0.15) is 5.10 Å². The van der Waals surface area contributed by atoms with E-state index in [0.29, 0.717) is 0 Å². The molecule has 0 bridgehead atoms. The largest absolute Gasteiger partial charge is 0.273 e. The molecule has 0 saturated heterocycles. The van der Waals surface area contributed by atoms with Crippen LogP contribution in [0.25, 0.3) is 0 Å². The molecule has 0 aliphatic rings. The van der Waals surface area contributed by atoms with Crippen molar-refractivity contribution >= 4 is 15.9 Å². The summed E-state index contributed by atoms with van der Waals surface area (Å²) in [6.45, 7) is 2.07. The van der Waals surface area contributed by atoms with E-state index in [1.54, 1.807) is 0 Å². The molecule has 0 aliphatic heterocycles. The monoisotopic (exact) mass is 216 g/mol. The summed E-state index contributed by atoms with van der Waals surface area (Å²) in [5.41, 5.74) is 2.43. The Morgan fingerprint density at radius 3 is 2.82 bits per heavy atom. The van der Waals surface area contributed by atoms with Crippen molar-refractivity contribution in [2.24, 2.45) is 7.05 Å². The lowest BCUT2D eigenvalue weighted by Gasteiger charge is -1.91. The third-order valence-electron chi connectivity index (χ3n) is 1.73. The molecule has 0 amide bonds. The molecule has 0 aromatic carbocycles. The van der Waals surface area contributed by atoms with Gasteiger partial charge in [0.2, 0.25) is 0 Å². The van der Waals surface area contributed by atoms with Gasteiger partial charge in [-0.05, 0) is 25.8 Å². The predicted molar refractivity (Wildman–Crippen MR) is 50.1 cm³/mol. The van der Waals surface area contributed by atoms with Crippen molar-refractivity contribution in [1.82, 2.24) is 9.78 Å². The fourth-order valence-corrected chi connectivity index (χ4v) is 1.29. The molecule has 3 heteroatoms. The summed E-state index contributed by atoms with van der Waals surface area (Å²) in [6.07, 6.45) is 2.24. The van der Waals surface area contributed by atoms with E-state index in [-0.39, 0.29) is 0 Å². The SMILES string of the molecule is Cc1cc(CCCBr)nn1C. The first-order chi connectivity index (χ1) is 5.24. The van der Waals surface area contributed by atoms with E-state index in [9.17, 15) is 0 Å². The van der Waals surface area contributed by atoms with Crippen LogP contribution >= 0.6 is 15.9 Å². The Kier molecular flexibility index (Phi) is 3.12. The van der Waals surface area contributed by atoms with E-state index in [1.807, 2.05) is 11.7 Å². The molecule has 11 heavy (non-hydrogen) atoms. The second-order valence-corrected chi connectivity index (χ2v) is 3.49. The summed E-state index contributed by atoms with van der Waals surface area (Å²) in [6, 6.07) is 2.14. The van der Waals surface area contributed by atoms with Gasteiger partial charge in [0.05, 0.1) is 5.69 Å². The van der Waals surface area contributed by atoms with Crippen molar-refractivity contribution in [3.63, 3.8) is 0 Å². The van der Waals surface area contributed by atoms with E-state index >= 15 is 0 Å². The normalized spacial score (nSPS) is 10.5. The number of aromatic nitrogens is 2. The zero-order valence-electron chi connectivity index (χ0n) is 6.97. The lowest BCUT2D eigenvalue weighted by molar-refractivity contribution is 0.715. The molecule has 2 nitrogen and oxygen atoms in total. The van der Waals surface area contributed by atoms with Crippen LogP contribution in [0.15, 0.2) is 6.07 Å². The Hall–Kier alpha value is -0.310. The van der Waals surface area contributed by atoms with Gasteiger partial charge in [0, 0.05) is 18.1 Å². The Balaban J connectivity index is 2.58. The molecule has 0 aliphatic carbocycles. The number of alkyl halides is 1. The van der Waals surface area contributed by atoms with Crippen LogP contribution < -0.4 is 0 Å². The summed E-state index contributed by atoms with van der Waals surface area (Å²) in [4.78, 5) is 0. The molecule has 0 spiro atoms. The third-order valence-corrected chi connectivity index (χ3v) is 2.29. The minimum absolute atomic E-state index is 1.06. The number of nitrogens with zero attached hydrogens (tertiary/aromatic N) is 2. The molecule has 0 fully saturated rings. The quantitative estimate of drug-likeness (QED) is 0.708. The van der Waals surface area contributed by atoms with Crippen LogP contribution in [-0.2, 0) is 13.5 Å².